The molecule has 0 radical (unpaired) electrons. The molecule has 0 aliphatic carbocycles. The Labute approximate surface area is 98.8 Å². The Kier molecular flexibility index (Phi) is 2.08. The van der Waals surface area contributed by atoms with Gasteiger partial charge in [0.15, 0.2) is 0 Å². The third kappa shape index (κ3) is 1.54. The van der Waals surface area contributed by atoms with E-state index in [1.807, 2.05) is 47.9 Å². The number of anilines is 1. The predicted octanol–water partition coefficient (Wildman–Crippen LogP) is 2.29. The molecule has 3 rings (SSSR count). The van der Waals surface area contributed by atoms with Gasteiger partial charge in [0.1, 0.15) is 5.65 Å². The molecule has 0 atom stereocenters. The third-order valence-corrected chi connectivity index (χ3v) is 2.82. The van der Waals surface area contributed by atoms with Crippen LogP contribution >= 0.6 is 0 Å². The monoisotopic (exact) mass is 224 g/mol. The largest absolute Gasteiger partial charge is 0.397 e. The molecule has 0 bridgehead atoms. The lowest BCUT2D eigenvalue weighted by Gasteiger charge is -2.06. The van der Waals surface area contributed by atoms with Crippen molar-refractivity contribution >= 4 is 11.3 Å². The van der Waals surface area contributed by atoms with Crippen LogP contribution in [0, 0.1) is 6.92 Å². The molecular weight excluding hydrogens is 212 g/mol. The molecule has 3 aromatic heterocycles. The molecule has 0 saturated carbocycles. The summed E-state index contributed by atoms with van der Waals surface area (Å²) >= 11 is 0. The molecular formula is C13H12N4. The second-order valence-corrected chi connectivity index (χ2v) is 3.94. The summed E-state index contributed by atoms with van der Waals surface area (Å²) in [6.07, 6.45) is 3.71. The number of aryl methyl sites for hydroxylation is 1. The van der Waals surface area contributed by atoms with E-state index < -0.39 is 0 Å². The van der Waals surface area contributed by atoms with Gasteiger partial charge in [-0.3, -0.25) is 4.40 Å². The van der Waals surface area contributed by atoms with Gasteiger partial charge < -0.3 is 5.73 Å². The quantitative estimate of drug-likeness (QED) is 0.690. The molecule has 0 aliphatic rings. The van der Waals surface area contributed by atoms with Crippen molar-refractivity contribution in [1.29, 1.82) is 0 Å². The smallest absolute Gasteiger partial charge is 0.137 e. The van der Waals surface area contributed by atoms with Gasteiger partial charge in [-0.15, -0.1) is 0 Å². The fraction of sp³-hybridized carbons (Fsp3) is 0.0769. The number of nitrogen functional groups attached to an aromatic ring is 1. The van der Waals surface area contributed by atoms with Crippen LogP contribution in [0.2, 0.25) is 0 Å². The second-order valence-electron chi connectivity index (χ2n) is 3.94. The van der Waals surface area contributed by atoms with Crippen LogP contribution in [-0.4, -0.2) is 14.4 Å². The van der Waals surface area contributed by atoms with Crippen molar-refractivity contribution in [3.63, 3.8) is 0 Å². The lowest BCUT2D eigenvalue weighted by Crippen LogP contribution is -1.97. The van der Waals surface area contributed by atoms with Crippen LogP contribution in [0.5, 0.6) is 0 Å². The molecule has 0 fully saturated rings. The summed E-state index contributed by atoms with van der Waals surface area (Å²) in [7, 11) is 0. The highest BCUT2D eigenvalue weighted by molar-refractivity contribution is 5.62. The molecule has 0 spiro atoms. The van der Waals surface area contributed by atoms with E-state index in [2.05, 4.69) is 9.97 Å². The Bertz CT molecular complexity index is 685. The van der Waals surface area contributed by atoms with E-state index in [1.165, 1.54) is 0 Å². The second kappa shape index (κ2) is 3.59. The van der Waals surface area contributed by atoms with Crippen molar-refractivity contribution in [1.82, 2.24) is 14.4 Å². The van der Waals surface area contributed by atoms with Crippen molar-refractivity contribution in [2.45, 2.75) is 6.92 Å². The van der Waals surface area contributed by atoms with Crippen molar-refractivity contribution in [3.8, 4) is 11.4 Å². The highest BCUT2D eigenvalue weighted by Crippen LogP contribution is 2.20. The first-order chi connectivity index (χ1) is 8.25. The maximum atomic E-state index is 5.78. The number of hydrogen-bond acceptors (Lipinski definition) is 3. The van der Waals surface area contributed by atoms with Gasteiger partial charge in [-0.2, -0.15) is 0 Å². The van der Waals surface area contributed by atoms with Gasteiger partial charge in [0.2, 0.25) is 0 Å². The fourth-order valence-corrected chi connectivity index (χ4v) is 1.87. The lowest BCUT2D eigenvalue weighted by atomic mass is 10.2. The van der Waals surface area contributed by atoms with E-state index >= 15 is 0 Å². The molecule has 2 N–H and O–H groups in total. The third-order valence-electron chi connectivity index (χ3n) is 2.82. The van der Waals surface area contributed by atoms with Crippen LogP contribution in [0.1, 0.15) is 5.69 Å². The van der Waals surface area contributed by atoms with Crippen LogP contribution in [0.25, 0.3) is 17.0 Å². The SMILES string of the molecule is Cc1nc(-c2cccc3nccn23)ccc1N. The lowest BCUT2D eigenvalue weighted by molar-refractivity contribution is 1.13. The molecule has 0 unspecified atom stereocenters. The number of aromatic nitrogens is 3. The molecule has 3 aromatic rings. The van der Waals surface area contributed by atoms with Crippen LogP contribution in [0.3, 0.4) is 0 Å². The Morgan fingerprint density at radius 1 is 1.18 bits per heavy atom. The highest BCUT2D eigenvalue weighted by Gasteiger charge is 2.05. The zero-order valence-corrected chi connectivity index (χ0v) is 9.46. The molecule has 4 heteroatoms. The summed E-state index contributed by atoms with van der Waals surface area (Å²) in [5, 5.41) is 0. The van der Waals surface area contributed by atoms with Gasteiger partial charge >= 0.3 is 0 Å². The molecule has 17 heavy (non-hydrogen) atoms. The minimum Gasteiger partial charge on any atom is -0.397 e. The van der Waals surface area contributed by atoms with Gasteiger partial charge in [-0.05, 0) is 31.2 Å². The van der Waals surface area contributed by atoms with Crippen molar-refractivity contribution in [2.24, 2.45) is 0 Å². The summed E-state index contributed by atoms with van der Waals surface area (Å²) in [5.74, 6) is 0. The maximum absolute atomic E-state index is 5.78. The summed E-state index contributed by atoms with van der Waals surface area (Å²) in [6.45, 7) is 1.91. The fourth-order valence-electron chi connectivity index (χ4n) is 1.87. The summed E-state index contributed by atoms with van der Waals surface area (Å²) < 4.78 is 2.01. The molecule has 0 aromatic carbocycles. The van der Waals surface area contributed by atoms with E-state index in [9.17, 15) is 0 Å². The van der Waals surface area contributed by atoms with E-state index in [4.69, 9.17) is 5.73 Å². The van der Waals surface area contributed by atoms with Gasteiger partial charge in [-0.25, -0.2) is 9.97 Å². The topological polar surface area (TPSA) is 56.2 Å². The first-order valence-electron chi connectivity index (χ1n) is 5.41. The van der Waals surface area contributed by atoms with E-state index in [1.54, 1.807) is 6.20 Å². The summed E-state index contributed by atoms with van der Waals surface area (Å²) in [4.78, 5) is 8.75. The molecule has 3 heterocycles. The van der Waals surface area contributed by atoms with Crippen molar-refractivity contribution in [3.05, 3.63) is 48.4 Å². The minimum absolute atomic E-state index is 0.714. The Balaban J connectivity index is 2.26. The first kappa shape index (κ1) is 9.84. The van der Waals surface area contributed by atoms with Crippen LogP contribution in [-0.2, 0) is 0 Å². The van der Waals surface area contributed by atoms with Gasteiger partial charge in [0.05, 0.1) is 22.8 Å². The number of nitrogens with zero attached hydrogens (tertiary/aromatic N) is 3. The number of nitrogens with two attached hydrogens (primary N) is 1. The van der Waals surface area contributed by atoms with Gasteiger partial charge in [0, 0.05) is 12.4 Å². The number of imidazole rings is 1. The standard InChI is InChI=1S/C13H12N4/c1-9-10(14)5-6-11(16-9)12-3-2-4-13-15-7-8-17(12)13/h2-8H,14H2,1H3. The van der Waals surface area contributed by atoms with Crippen molar-refractivity contribution in [2.75, 3.05) is 5.73 Å². The number of hydrogen-bond donors (Lipinski definition) is 1. The predicted molar refractivity (Wildman–Crippen MR) is 67.6 cm³/mol. The average molecular weight is 224 g/mol. The molecule has 0 aliphatic heterocycles. The Morgan fingerprint density at radius 2 is 2.06 bits per heavy atom. The molecule has 0 saturated heterocycles. The zero-order chi connectivity index (χ0) is 11.8. The maximum Gasteiger partial charge on any atom is 0.137 e. The number of fused-ring (bicyclic) bond motifs is 1. The summed E-state index contributed by atoms with van der Waals surface area (Å²) in [6, 6.07) is 9.77. The van der Waals surface area contributed by atoms with Gasteiger partial charge in [-0.1, -0.05) is 6.07 Å². The van der Waals surface area contributed by atoms with Crippen LogP contribution in [0.4, 0.5) is 5.69 Å². The normalized spacial score (nSPS) is 10.9. The van der Waals surface area contributed by atoms with Crippen LogP contribution < -0.4 is 5.73 Å². The van der Waals surface area contributed by atoms with Crippen molar-refractivity contribution < 1.29 is 0 Å². The number of pyridine rings is 2. The minimum atomic E-state index is 0.714. The molecule has 4 nitrogen and oxygen atoms in total. The first-order valence-corrected chi connectivity index (χ1v) is 5.41. The van der Waals surface area contributed by atoms with E-state index in [0.29, 0.717) is 5.69 Å². The Hall–Kier alpha value is -2.36. The van der Waals surface area contributed by atoms with E-state index in [0.717, 1.165) is 22.7 Å². The van der Waals surface area contributed by atoms with E-state index in [-0.39, 0.29) is 0 Å². The highest BCUT2D eigenvalue weighted by atomic mass is 15.0. The zero-order valence-electron chi connectivity index (χ0n) is 9.46. The average Bonchev–Trinajstić information content (AvgIpc) is 2.80. The molecule has 84 valence electrons. The molecule has 0 amide bonds. The Morgan fingerprint density at radius 3 is 2.88 bits per heavy atom. The summed E-state index contributed by atoms with van der Waals surface area (Å²) in [5.41, 5.74) is 10.2. The van der Waals surface area contributed by atoms with Gasteiger partial charge in [0.25, 0.3) is 0 Å². The van der Waals surface area contributed by atoms with Crippen LogP contribution in [0.15, 0.2) is 42.7 Å². The number of rotatable bonds is 1.